The molecule has 0 saturated carbocycles. The van der Waals surface area contributed by atoms with Crippen LogP contribution in [0, 0.1) is 11.8 Å². The summed E-state index contributed by atoms with van der Waals surface area (Å²) in [6.07, 6.45) is 5.58. The number of hydrogen-bond donors (Lipinski definition) is 1. The highest BCUT2D eigenvalue weighted by atomic mass is 16.5. The molecule has 0 bridgehead atoms. The number of rotatable bonds is 6. The van der Waals surface area contributed by atoms with Crippen LogP contribution in [0.5, 0.6) is 0 Å². The molecule has 0 radical (unpaired) electrons. The van der Waals surface area contributed by atoms with Gasteiger partial charge in [-0.2, -0.15) is 0 Å². The van der Waals surface area contributed by atoms with Crippen LogP contribution in [0.15, 0.2) is 0 Å². The molecule has 2 aliphatic rings. The Balaban J connectivity index is 2.07. The van der Waals surface area contributed by atoms with Gasteiger partial charge in [0.05, 0.1) is 12.2 Å². The third-order valence-electron chi connectivity index (χ3n) is 5.09. The SMILES string of the molecule is CCCCC1NC(C(C)C)N(C(C)C2CCOCC2)C1=O. The minimum absolute atomic E-state index is 0.0274. The summed E-state index contributed by atoms with van der Waals surface area (Å²) in [5, 5.41) is 3.59. The van der Waals surface area contributed by atoms with E-state index in [-0.39, 0.29) is 12.2 Å². The fourth-order valence-electron chi connectivity index (χ4n) is 3.68. The molecule has 0 aromatic carbocycles. The molecule has 122 valence electrons. The molecule has 3 unspecified atom stereocenters. The van der Waals surface area contributed by atoms with Gasteiger partial charge in [-0.25, -0.2) is 0 Å². The molecule has 1 N–H and O–H groups in total. The number of unbranched alkanes of at least 4 members (excludes halogenated alkanes) is 1. The number of amides is 1. The molecule has 2 heterocycles. The number of carbonyl (C=O) groups excluding carboxylic acids is 1. The van der Waals surface area contributed by atoms with Gasteiger partial charge in [0.15, 0.2) is 0 Å². The first kappa shape index (κ1) is 16.8. The highest BCUT2D eigenvalue weighted by Crippen LogP contribution is 2.29. The molecule has 3 atom stereocenters. The third kappa shape index (κ3) is 3.78. The van der Waals surface area contributed by atoms with Crippen molar-refractivity contribution in [2.45, 2.75) is 78.0 Å². The molecule has 2 fully saturated rings. The Morgan fingerprint density at radius 2 is 1.95 bits per heavy atom. The van der Waals surface area contributed by atoms with Gasteiger partial charge in [0.2, 0.25) is 5.91 Å². The van der Waals surface area contributed by atoms with E-state index in [9.17, 15) is 4.79 Å². The van der Waals surface area contributed by atoms with E-state index in [1.54, 1.807) is 0 Å². The van der Waals surface area contributed by atoms with Crippen LogP contribution in [-0.4, -0.2) is 42.3 Å². The minimum Gasteiger partial charge on any atom is -0.381 e. The molecular formula is C17H32N2O2. The van der Waals surface area contributed by atoms with Crippen LogP contribution in [0.25, 0.3) is 0 Å². The lowest BCUT2D eigenvalue weighted by Gasteiger charge is -2.38. The molecule has 21 heavy (non-hydrogen) atoms. The largest absolute Gasteiger partial charge is 0.381 e. The Labute approximate surface area is 129 Å². The molecule has 2 rings (SSSR count). The van der Waals surface area contributed by atoms with E-state index >= 15 is 0 Å². The van der Waals surface area contributed by atoms with Crippen molar-refractivity contribution in [3.05, 3.63) is 0 Å². The van der Waals surface area contributed by atoms with Crippen LogP contribution in [0.3, 0.4) is 0 Å². The average Bonchev–Trinajstić information content (AvgIpc) is 2.82. The van der Waals surface area contributed by atoms with Gasteiger partial charge in [-0.3, -0.25) is 10.1 Å². The summed E-state index contributed by atoms with van der Waals surface area (Å²) < 4.78 is 5.47. The van der Waals surface area contributed by atoms with E-state index in [2.05, 4.69) is 37.9 Å². The lowest BCUT2D eigenvalue weighted by Crippen LogP contribution is -2.49. The quantitative estimate of drug-likeness (QED) is 0.819. The van der Waals surface area contributed by atoms with Gasteiger partial charge in [0, 0.05) is 19.3 Å². The molecule has 4 heteroatoms. The predicted octanol–water partition coefficient (Wildman–Crippen LogP) is 2.77. The number of nitrogens with zero attached hydrogens (tertiary/aromatic N) is 1. The zero-order valence-electron chi connectivity index (χ0n) is 14.1. The fraction of sp³-hybridized carbons (Fsp3) is 0.941. The van der Waals surface area contributed by atoms with Gasteiger partial charge in [-0.1, -0.05) is 33.6 Å². The number of nitrogens with one attached hydrogen (secondary N) is 1. The standard InChI is InChI=1S/C17H32N2O2/c1-5-6-7-15-17(20)19(16(18-15)12(2)3)13(4)14-8-10-21-11-9-14/h12-16,18H,5-11H2,1-4H3. The van der Waals surface area contributed by atoms with Crippen LogP contribution in [0.1, 0.15) is 59.8 Å². The maximum atomic E-state index is 12.8. The first-order valence-corrected chi connectivity index (χ1v) is 8.72. The molecule has 2 aliphatic heterocycles. The van der Waals surface area contributed by atoms with Crippen molar-refractivity contribution in [1.29, 1.82) is 0 Å². The molecule has 0 spiro atoms. The second-order valence-corrected chi connectivity index (χ2v) is 6.99. The van der Waals surface area contributed by atoms with Crippen molar-refractivity contribution in [3.8, 4) is 0 Å². The van der Waals surface area contributed by atoms with Crippen LogP contribution in [0.4, 0.5) is 0 Å². The lowest BCUT2D eigenvalue weighted by molar-refractivity contribution is -0.134. The van der Waals surface area contributed by atoms with Gasteiger partial charge in [0.25, 0.3) is 0 Å². The maximum absolute atomic E-state index is 12.8. The Kier molecular flexibility index (Phi) is 6.06. The zero-order valence-corrected chi connectivity index (χ0v) is 14.1. The lowest BCUT2D eigenvalue weighted by atomic mass is 9.91. The van der Waals surface area contributed by atoms with E-state index in [1.807, 2.05) is 0 Å². The van der Waals surface area contributed by atoms with E-state index in [4.69, 9.17) is 4.74 Å². The monoisotopic (exact) mass is 296 g/mol. The van der Waals surface area contributed by atoms with Crippen molar-refractivity contribution in [2.75, 3.05) is 13.2 Å². The maximum Gasteiger partial charge on any atom is 0.241 e. The normalized spacial score (nSPS) is 29.4. The number of carbonyl (C=O) groups is 1. The predicted molar refractivity (Wildman–Crippen MR) is 84.9 cm³/mol. The van der Waals surface area contributed by atoms with E-state index in [1.165, 1.54) is 0 Å². The summed E-state index contributed by atoms with van der Waals surface area (Å²) in [5.41, 5.74) is 0. The van der Waals surface area contributed by atoms with Crippen molar-refractivity contribution >= 4 is 5.91 Å². The van der Waals surface area contributed by atoms with Crippen LogP contribution in [0.2, 0.25) is 0 Å². The molecule has 4 nitrogen and oxygen atoms in total. The molecule has 0 aliphatic carbocycles. The Bertz CT molecular complexity index is 340. The number of ether oxygens (including phenoxy) is 1. The third-order valence-corrected chi connectivity index (χ3v) is 5.09. The molecule has 2 saturated heterocycles. The summed E-state index contributed by atoms with van der Waals surface area (Å²) in [6.45, 7) is 10.5. The summed E-state index contributed by atoms with van der Waals surface area (Å²) in [7, 11) is 0. The summed E-state index contributed by atoms with van der Waals surface area (Å²) in [4.78, 5) is 15.0. The zero-order chi connectivity index (χ0) is 15.4. The van der Waals surface area contributed by atoms with Crippen molar-refractivity contribution < 1.29 is 9.53 Å². The van der Waals surface area contributed by atoms with Crippen LogP contribution >= 0.6 is 0 Å². The Morgan fingerprint density at radius 3 is 2.52 bits per heavy atom. The van der Waals surface area contributed by atoms with Crippen molar-refractivity contribution in [2.24, 2.45) is 11.8 Å². The first-order chi connectivity index (χ1) is 10.1. The van der Waals surface area contributed by atoms with Gasteiger partial charge in [-0.05, 0) is 38.0 Å². The average molecular weight is 296 g/mol. The fourth-order valence-corrected chi connectivity index (χ4v) is 3.68. The summed E-state index contributed by atoms with van der Waals surface area (Å²) in [5.74, 6) is 1.35. The second-order valence-electron chi connectivity index (χ2n) is 6.99. The minimum atomic E-state index is 0.0274. The van der Waals surface area contributed by atoms with Crippen LogP contribution < -0.4 is 5.32 Å². The Morgan fingerprint density at radius 1 is 1.29 bits per heavy atom. The van der Waals surface area contributed by atoms with Gasteiger partial charge in [-0.15, -0.1) is 0 Å². The Hall–Kier alpha value is -0.610. The molecule has 0 aromatic heterocycles. The molecule has 1 amide bonds. The van der Waals surface area contributed by atoms with E-state index in [0.29, 0.717) is 23.8 Å². The first-order valence-electron chi connectivity index (χ1n) is 8.72. The topological polar surface area (TPSA) is 41.6 Å². The smallest absolute Gasteiger partial charge is 0.241 e. The van der Waals surface area contributed by atoms with Crippen molar-refractivity contribution in [1.82, 2.24) is 10.2 Å². The van der Waals surface area contributed by atoms with E-state index < -0.39 is 0 Å². The second kappa shape index (κ2) is 7.59. The van der Waals surface area contributed by atoms with E-state index in [0.717, 1.165) is 45.3 Å². The highest BCUT2D eigenvalue weighted by molar-refractivity contribution is 5.84. The summed E-state index contributed by atoms with van der Waals surface area (Å²) >= 11 is 0. The van der Waals surface area contributed by atoms with Crippen molar-refractivity contribution in [3.63, 3.8) is 0 Å². The summed E-state index contributed by atoms with van der Waals surface area (Å²) in [6, 6.07) is 0.340. The molecule has 0 aromatic rings. The van der Waals surface area contributed by atoms with Crippen LogP contribution in [-0.2, 0) is 9.53 Å². The number of hydrogen-bond acceptors (Lipinski definition) is 3. The molecular weight excluding hydrogens is 264 g/mol. The van der Waals surface area contributed by atoms with Gasteiger partial charge >= 0.3 is 0 Å². The van der Waals surface area contributed by atoms with Gasteiger partial charge < -0.3 is 9.64 Å². The highest BCUT2D eigenvalue weighted by Gasteiger charge is 2.43. The van der Waals surface area contributed by atoms with Gasteiger partial charge in [0.1, 0.15) is 0 Å².